The average molecular weight is 277 g/mol. The third-order valence-electron chi connectivity index (χ3n) is 3.84. The molecular weight excluding hydrogens is 250 g/mol. The summed E-state index contributed by atoms with van der Waals surface area (Å²) in [5.41, 5.74) is 0. The Balaban J connectivity index is 1.79. The molecule has 1 aromatic rings. The van der Waals surface area contributed by atoms with Crippen molar-refractivity contribution < 1.29 is 0 Å². The predicted molar refractivity (Wildman–Crippen MR) is 84.1 cm³/mol. The molecule has 0 radical (unpaired) electrons. The van der Waals surface area contributed by atoms with E-state index in [9.17, 15) is 0 Å². The van der Waals surface area contributed by atoms with Gasteiger partial charge in [0.25, 0.3) is 0 Å². The van der Waals surface area contributed by atoms with Crippen molar-refractivity contribution in [2.75, 3.05) is 36.8 Å². The summed E-state index contributed by atoms with van der Waals surface area (Å²) in [7, 11) is 0. The Morgan fingerprint density at radius 3 is 2.70 bits per heavy atom. The van der Waals surface area contributed by atoms with E-state index in [1.54, 1.807) is 6.33 Å². The van der Waals surface area contributed by atoms with Gasteiger partial charge in [-0.1, -0.05) is 6.92 Å². The molecule has 1 unspecified atom stereocenters. The van der Waals surface area contributed by atoms with Crippen molar-refractivity contribution in [1.82, 2.24) is 14.9 Å². The smallest absolute Gasteiger partial charge is 0.131 e. The van der Waals surface area contributed by atoms with Crippen molar-refractivity contribution in [3.63, 3.8) is 0 Å². The van der Waals surface area contributed by atoms with Crippen molar-refractivity contribution in [3.8, 4) is 0 Å². The van der Waals surface area contributed by atoms with Gasteiger partial charge in [0.2, 0.25) is 0 Å². The molecule has 0 bridgehead atoms. The van der Waals surface area contributed by atoms with E-state index in [4.69, 9.17) is 0 Å². The third-order valence-corrected chi connectivity index (χ3v) is 3.84. The Hall–Kier alpha value is -1.36. The van der Waals surface area contributed by atoms with E-state index >= 15 is 0 Å². The van der Waals surface area contributed by atoms with Crippen LogP contribution in [0.5, 0.6) is 0 Å². The zero-order chi connectivity index (χ0) is 14.4. The molecule has 1 fully saturated rings. The highest BCUT2D eigenvalue weighted by Crippen LogP contribution is 2.19. The van der Waals surface area contributed by atoms with Gasteiger partial charge in [-0.25, -0.2) is 9.97 Å². The first kappa shape index (κ1) is 15.0. The lowest BCUT2D eigenvalue weighted by Crippen LogP contribution is -2.29. The van der Waals surface area contributed by atoms with Crippen LogP contribution < -0.4 is 10.6 Å². The Labute approximate surface area is 122 Å². The van der Waals surface area contributed by atoms with Crippen molar-refractivity contribution >= 4 is 11.6 Å². The van der Waals surface area contributed by atoms with E-state index in [1.165, 1.54) is 19.5 Å². The minimum atomic E-state index is 0.656. The van der Waals surface area contributed by atoms with Crippen LogP contribution in [0.2, 0.25) is 0 Å². The highest BCUT2D eigenvalue weighted by molar-refractivity contribution is 5.46. The lowest BCUT2D eigenvalue weighted by molar-refractivity contribution is 0.266. The first-order chi connectivity index (χ1) is 9.69. The molecule has 5 heteroatoms. The maximum absolute atomic E-state index is 4.29. The van der Waals surface area contributed by atoms with Gasteiger partial charge in [0, 0.05) is 31.7 Å². The third kappa shape index (κ3) is 4.34. The minimum absolute atomic E-state index is 0.656. The zero-order valence-electron chi connectivity index (χ0n) is 12.9. The Morgan fingerprint density at radius 2 is 2.05 bits per heavy atom. The highest BCUT2D eigenvalue weighted by Gasteiger charge is 2.23. The molecule has 0 saturated carbocycles. The van der Waals surface area contributed by atoms with Crippen molar-refractivity contribution in [3.05, 3.63) is 12.4 Å². The summed E-state index contributed by atoms with van der Waals surface area (Å²) in [6.45, 7) is 11.0. The van der Waals surface area contributed by atoms with E-state index < -0.39 is 0 Å². The van der Waals surface area contributed by atoms with Crippen LogP contribution in [0, 0.1) is 5.92 Å². The minimum Gasteiger partial charge on any atom is -0.370 e. The fourth-order valence-corrected chi connectivity index (χ4v) is 2.55. The standard InChI is InChI=1S/C15H27N5/c1-4-6-16-14-8-15(19-11-18-14)17-9-13-5-7-20(10-13)12(2)3/h8,11-13H,4-7,9-10H2,1-3H3,(H2,16,17,18,19). The highest BCUT2D eigenvalue weighted by atomic mass is 15.2. The average Bonchev–Trinajstić information content (AvgIpc) is 2.92. The molecule has 0 aromatic carbocycles. The summed E-state index contributed by atoms with van der Waals surface area (Å²) < 4.78 is 0. The van der Waals surface area contributed by atoms with Gasteiger partial charge < -0.3 is 15.5 Å². The first-order valence-corrected chi connectivity index (χ1v) is 7.73. The molecular formula is C15H27N5. The van der Waals surface area contributed by atoms with E-state index in [2.05, 4.69) is 46.3 Å². The molecule has 112 valence electrons. The van der Waals surface area contributed by atoms with Crippen molar-refractivity contribution in [2.45, 2.75) is 39.7 Å². The summed E-state index contributed by atoms with van der Waals surface area (Å²) in [6, 6.07) is 2.65. The Morgan fingerprint density at radius 1 is 1.30 bits per heavy atom. The van der Waals surface area contributed by atoms with Gasteiger partial charge in [0.05, 0.1) is 0 Å². The SMILES string of the molecule is CCCNc1cc(NCC2CCN(C(C)C)C2)ncn1. The van der Waals surface area contributed by atoms with Gasteiger partial charge in [-0.05, 0) is 39.2 Å². The fraction of sp³-hybridized carbons (Fsp3) is 0.733. The maximum Gasteiger partial charge on any atom is 0.131 e. The van der Waals surface area contributed by atoms with E-state index in [0.717, 1.165) is 37.1 Å². The fourth-order valence-electron chi connectivity index (χ4n) is 2.55. The molecule has 20 heavy (non-hydrogen) atoms. The molecule has 5 nitrogen and oxygen atoms in total. The Bertz CT molecular complexity index is 407. The number of nitrogens with zero attached hydrogens (tertiary/aromatic N) is 3. The molecule has 2 rings (SSSR count). The number of hydrogen-bond acceptors (Lipinski definition) is 5. The van der Waals surface area contributed by atoms with Crippen LogP contribution in [0.1, 0.15) is 33.6 Å². The molecule has 1 saturated heterocycles. The summed E-state index contributed by atoms with van der Waals surface area (Å²) in [6.07, 6.45) is 3.99. The monoisotopic (exact) mass is 277 g/mol. The second-order valence-corrected chi connectivity index (χ2v) is 5.84. The van der Waals surface area contributed by atoms with Crippen molar-refractivity contribution in [1.29, 1.82) is 0 Å². The number of likely N-dealkylation sites (tertiary alicyclic amines) is 1. The first-order valence-electron chi connectivity index (χ1n) is 7.73. The van der Waals surface area contributed by atoms with Crippen LogP contribution in [-0.4, -0.2) is 47.1 Å². The van der Waals surface area contributed by atoms with Gasteiger partial charge >= 0.3 is 0 Å². The molecule has 0 amide bonds. The number of aromatic nitrogens is 2. The van der Waals surface area contributed by atoms with Crippen LogP contribution in [0.25, 0.3) is 0 Å². The maximum atomic E-state index is 4.29. The number of hydrogen-bond donors (Lipinski definition) is 2. The van der Waals surface area contributed by atoms with Crippen LogP contribution in [0.3, 0.4) is 0 Å². The second kappa shape index (κ2) is 7.43. The summed E-state index contributed by atoms with van der Waals surface area (Å²) >= 11 is 0. The van der Waals surface area contributed by atoms with Gasteiger partial charge in [0.15, 0.2) is 0 Å². The van der Waals surface area contributed by atoms with E-state index in [0.29, 0.717) is 6.04 Å². The zero-order valence-corrected chi connectivity index (χ0v) is 12.9. The molecule has 2 heterocycles. The van der Waals surface area contributed by atoms with E-state index in [-0.39, 0.29) is 0 Å². The van der Waals surface area contributed by atoms with Gasteiger partial charge in [-0.2, -0.15) is 0 Å². The van der Waals surface area contributed by atoms with Crippen LogP contribution >= 0.6 is 0 Å². The summed E-state index contributed by atoms with van der Waals surface area (Å²) in [4.78, 5) is 11.1. The number of nitrogens with one attached hydrogen (secondary N) is 2. The summed E-state index contributed by atoms with van der Waals surface area (Å²) in [5.74, 6) is 2.54. The van der Waals surface area contributed by atoms with Crippen LogP contribution in [0.15, 0.2) is 12.4 Å². The van der Waals surface area contributed by atoms with Crippen LogP contribution in [-0.2, 0) is 0 Å². The van der Waals surface area contributed by atoms with Gasteiger partial charge in [-0.3, -0.25) is 0 Å². The predicted octanol–water partition coefficient (Wildman–Crippen LogP) is 2.44. The van der Waals surface area contributed by atoms with Gasteiger partial charge in [-0.15, -0.1) is 0 Å². The largest absolute Gasteiger partial charge is 0.370 e. The Kier molecular flexibility index (Phi) is 5.59. The molecule has 0 spiro atoms. The number of rotatable bonds is 7. The molecule has 1 atom stereocenters. The lowest BCUT2D eigenvalue weighted by Gasteiger charge is -2.20. The van der Waals surface area contributed by atoms with Gasteiger partial charge in [0.1, 0.15) is 18.0 Å². The molecule has 1 aromatic heterocycles. The van der Waals surface area contributed by atoms with E-state index in [1.807, 2.05) is 6.07 Å². The molecule has 1 aliphatic rings. The van der Waals surface area contributed by atoms with Crippen LogP contribution in [0.4, 0.5) is 11.6 Å². The normalized spacial score (nSPS) is 19.5. The number of anilines is 2. The second-order valence-electron chi connectivity index (χ2n) is 5.84. The lowest BCUT2D eigenvalue weighted by atomic mass is 10.1. The molecule has 2 N–H and O–H groups in total. The quantitative estimate of drug-likeness (QED) is 0.802. The molecule has 1 aliphatic heterocycles. The topological polar surface area (TPSA) is 53.1 Å². The molecule has 0 aliphatic carbocycles. The van der Waals surface area contributed by atoms with Crippen molar-refractivity contribution in [2.24, 2.45) is 5.92 Å². The summed E-state index contributed by atoms with van der Waals surface area (Å²) in [5, 5.41) is 6.73.